The number of methoxy groups -OCH3 is 1. The van der Waals surface area contributed by atoms with Gasteiger partial charge in [-0.2, -0.15) is 0 Å². The van der Waals surface area contributed by atoms with Crippen LogP contribution in [0.3, 0.4) is 0 Å². The van der Waals surface area contributed by atoms with E-state index in [1.807, 2.05) is 16.0 Å². The second-order valence-corrected chi connectivity index (χ2v) is 5.80. The van der Waals surface area contributed by atoms with Gasteiger partial charge in [-0.25, -0.2) is 4.98 Å². The molecule has 6 heteroatoms. The van der Waals surface area contributed by atoms with Crippen molar-refractivity contribution in [2.24, 2.45) is 5.92 Å². The first-order valence-electron chi connectivity index (χ1n) is 6.47. The first-order chi connectivity index (χ1) is 9.26. The largest absolute Gasteiger partial charge is 0.469 e. The highest BCUT2D eigenvalue weighted by atomic mass is 32.1. The van der Waals surface area contributed by atoms with Gasteiger partial charge in [0.15, 0.2) is 4.96 Å². The molecule has 19 heavy (non-hydrogen) atoms. The van der Waals surface area contributed by atoms with Crippen molar-refractivity contribution in [3.8, 4) is 0 Å². The molecule has 0 bridgehead atoms. The molecule has 1 aliphatic rings. The van der Waals surface area contributed by atoms with E-state index >= 15 is 0 Å². The summed E-state index contributed by atoms with van der Waals surface area (Å²) in [5.74, 6) is -0.0713. The topological polar surface area (TPSA) is 46.8 Å². The third-order valence-electron chi connectivity index (χ3n) is 3.57. The van der Waals surface area contributed by atoms with Crippen LogP contribution in [0, 0.1) is 5.92 Å². The van der Waals surface area contributed by atoms with Crippen LogP contribution in [0.15, 0.2) is 17.8 Å². The molecule has 0 saturated carbocycles. The summed E-state index contributed by atoms with van der Waals surface area (Å²) >= 11 is 1.64. The summed E-state index contributed by atoms with van der Waals surface area (Å²) in [5.41, 5.74) is 1.07. The number of carbonyl (C=O) groups is 1. The van der Waals surface area contributed by atoms with Crippen LogP contribution >= 0.6 is 11.3 Å². The highest BCUT2D eigenvalue weighted by molar-refractivity contribution is 7.15. The second kappa shape index (κ2) is 5.30. The van der Waals surface area contributed by atoms with Gasteiger partial charge in [0.1, 0.15) is 0 Å². The molecule has 3 rings (SSSR count). The average molecular weight is 279 g/mol. The Bertz CT molecular complexity index is 549. The maximum absolute atomic E-state index is 11.6. The summed E-state index contributed by atoms with van der Waals surface area (Å²) in [6.45, 7) is 2.61. The van der Waals surface area contributed by atoms with E-state index in [9.17, 15) is 4.79 Å². The lowest BCUT2D eigenvalue weighted by atomic mass is 9.98. The van der Waals surface area contributed by atoms with Crippen molar-refractivity contribution in [2.45, 2.75) is 19.4 Å². The molecule has 0 aromatic carbocycles. The summed E-state index contributed by atoms with van der Waals surface area (Å²) < 4.78 is 6.88. The fourth-order valence-corrected chi connectivity index (χ4v) is 3.36. The zero-order valence-corrected chi connectivity index (χ0v) is 11.7. The van der Waals surface area contributed by atoms with E-state index in [1.54, 1.807) is 11.3 Å². The molecule has 1 aliphatic heterocycles. The Kier molecular flexibility index (Phi) is 3.52. The first kappa shape index (κ1) is 12.6. The van der Waals surface area contributed by atoms with Crippen LogP contribution in [0.2, 0.25) is 0 Å². The zero-order valence-electron chi connectivity index (χ0n) is 10.9. The van der Waals surface area contributed by atoms with E-state index in [0.717, 1.165) is 43.1 Å². The van der Waals surface area contributed by atoms with Gasteiger partial charge in [-0.15, -0.1) is 11.3 Å². The molecule has 1 atom stereocenters. The fraction of sp³-hybridized carbons (Fsp3) is 0.538. The van der Waals surface area contributed by atoms with Crippen LogP contribution in [0.4, 0.5) is 0 Å². The number of thiazole rings is 1. The molecule has 1 unspecified atom stereocenters. The molecule has 1 saturated heterocycles. The third kappa shape index (κ3) is 2.64. The van der Waals surface area contributed by atoms with Crippen LogP contribution in [0.1, 0.15) is 18.5 Å². The van der Waals surface area contributed by atoms with E-state index < -0.39 is 0 Å². The molecule has 2 aromatic heterocycles. The van der Waals surface area contributed by atoms with Gasteiger partial charge < -0.3 is 4.74 Å². The maximum atomic E-state index is 11.6. The predicted molar refractivity (Wildman–Crippen MR) is 73.1 cm³/mol. The molecule has 1 fully saturated rings. The van der Waals surface area contributed by atoms with Crippen molar-refractivity contribution in [3.63, 3.8) is 0 Å². The lowest BCUT2D eigenvalue weighted by Gasteiger charge is -2.30. The van der Waals surface area contributed by atoms with Gasteiger partial charge in [0.25, 0.3) is 0 Å². The minimum absolute atomic E-state index is 0.0162. The number of hydrogen-bond donors (Lipinski definition) is 0. The number of likely N-dealkylation sites (tertiary alicyclic amines) is 1. The SMILES string of the molecule is COC(=O)C1CCCN(Cc2cn3ccsc3n2)C1. The molecule has 0 N–H and O–H groups in total. The number of esters is 1. The fourth-order valence-electron chi connectivity index (χ4n) is 2.64. The molecule has 0 aliphatic carbocycles. The minimum Gasteiger partial charge on any atom is -0.469 e. The molecule has 5 nitrogen and oxygen atoms in total. The molecular weight excluding hydrogens is 262 g/mol. The first-order valence-corrected chi connectivity index (χ1v) is 7.35. The standard InChI is InChI=1S/C13H17N3O2S/c1-18-12(17)10-3-2-4-15(7-10)8-11-9-16-5-6-19-13(16)14-11/h5-6,9-10H,2-4,7-8H2,1H3. The molecular formula is C13H17N3O2S. The molecule has 0 spiro atoms. The maximum Gasteiger partial charge on any atom is 0.309 e. The quantitative estimate of drug-likeness (QED) is 0.804. The van der Waals surface area contributed by atoms with Crippen LogP contribution < -0.4 is 0 Å². The van der Waals surface area contributed by atoms with E-state index in [1.165, 1.54) is 7.11 Å². The Morgan fingerprint density at radius 3 is 3.32 bits per heavy atom. The predicted octanol–water partition coefficient (Wildman–Crippen LogP) is 1.78. The zero-order chi connectivity index (χ0) is 13.2. The van der Waals surface area contributed by atoms with Crippen molar-refractivity contribution in [1.29, 1.82) is 0 Å². The summed E-state index contributed by atoms with van der Waals surface area (Å²) in [6.07, 6.45) is 6.06. The number of carbonyl (C=O) groups excluding carboxylic acids is 1. The molecule has 3 heterocycles. The van der Waals surface area contributed by atoms with E-state index in [2.05, 4.69) is 16.1 Å². The van der Waals surface area contributed by atoms with Gasteiger partial charge in [0.2, 0.25) is 0 Å². The molecule has 0 radical (unpaired) electrons. The van der Waals surface area contributed by atoms with Crippen molar-refractivity contribution in [3.05, 3.63) is 23.5 Å². The molecule has 102 valence electrons. The Hall–Kier alpha value is -1.40. The number of rotatable bonds is 3. The van der Waals surface area contributed by atoms with Gasteiger partial charge in [-0.1, -0.05) is 0 Å². The molecule has 0 amide bonds. The van der Waals surface area contributed by atoms with Crippen molar-refractivity contribution >= 4 is 22.3 Å². The highest BCUT2D eigenvalue weighted by Crippen LogP contribution is 2.20. The highest BCUT2D eigenvalue weighted by Gasteiger charge is 2.26. The number of ether oxygens (including phenoxy) is 1. The van der Waals surface area contributed by atoms with Gasteiger partial charge >= 0.3 is 5.97 Å². The van der Waals surface area contributed by atoms with Gasteiger partial charge in [0, 0.05) is 30.9 Å². The van der Waals surface area contributed by atoms with Crippen LogP contribution in [0.5, 0.6) is 0 Å². The van der Waals surface area contributed by atoms with E-state index in [4.69, 9.17) is 4.74 Å². The van der Waals surface area contributed by atoms with Gasteiger partial charge in [-0.05, 0) is 19.4 Å². The number of hydrogen-bond acceptors (Lipinski definition) is 5. The number of nitrogens with zero attached hydrogens (tertiary/aromatic N) is 3. The molecule has 2 aromatic rings. The Morgan fingerprint density at radius 1 is 1.63 bits per heavy atom. The number of fused-ring (bicyclic) bond motifs is 1. The number of imidazole rings is 1. The lowest BCUT2D eigenvalue weighted by molar-refractivity contribution is -0.147. The van der Waals surface area contributed by atoms with E-state index in [-0.39, 0.29) is 11.9 Å². The summed E-state index contributed by atoms with van der Waals surface area (Å²) in [7, 11) is 1.46. The third-order valence-corrected chi connectivity index (χ3v) is 4.34. The van der Waals surface area contributed by atoms with Crippen LogP contribution in [-0.2, 0) is 16.1 Å². The van der Waals surface area contributed by atoms with Crippen molar-refractivity contribution in [2.75, 3.05) is 20.2 Å². The van der Waals surface area contributed by atoms with Gasteiger partial charge in [-0.3, -0.25) is 14.1 Å². The average Bonchev–Trinajstić information content (AvgIpc) is 2.99. The van der Waals surface area contributed by atoms with E-state index in [0.29, 0.717) is 0 Å². The van der Waals surface area contributed by atoms with Crippen molar-refractivity contribution in [1.82, 2.24) is 14.3 Å². The lowest BCUT2D eigenvalue weighted by Crippen LogP contribution is -2.38. The smallest absolute Gasteiger partial charge is 0.309 e. The Balaban J connectivity index is 1.66. The Labute approximate surface area is 115 Å². The monoisotopic (exact) mass is 279 g/mol. The number of aromatic nitrogens is 2. The summed E-state index contributed by atoms with van der Waals surface area (Å²) in [4.78, 5) is 19.5. The van der Waals surface area contributed by atoms with Crippen LogP contribution in [0.25, 0.3) is 4.96 Å². The summed E-state index contributed by atoms with van der Waals surface area (Å²) in [6, 6.07) is 0. The summed E-state index contributed by atoms with van der Waals surface area (Å²) in [5, 5.41) is 2.03. The van der Waals surface area contributed by atoms with Crippen LogP contribution in [-0.4, -0.2) is 40.5 Å². The second-order valence-electron chi connectivity index (χ2n) is 4.92. The normalized spacial score (nSPS) is 20.8. The Morgan fingerprint density at radius 2 is 2.53 bits per heavy atom. The number of piperidine rings is 1. The minimum atomic E-state index is -0.0875. The van der Waals surface area contributed by atoms with Gasteiger partial charge in [0.05, 0.1) is 18.7 Å². The van der Waals surface area contributed by atoms with Crippen molar-refractivity contribution < 1.29 is 9.53 Å².